The number of anilines is 1. The summed E-state index contributed by atoms with van der Waals surface area (Å²) in [7, 11) is 2.45. The summed E-state index contributed by atoms with van der Waals surface area (Å²) in [4.78, 5) is 22.9. The lowest BCUT2D eigenvalue weighted by atomic mass is 10.2. The molecule has 118 valence electrons. The molecule has 0 saturated carbocycles. The van der Waals surface area contributed by atoms with Gasteiger partial charge < -0.3 is 19.5 Å². The Kier molecular flexibility index (Phi) is 6.69. The maximum absolute atomic E-state index is 11.6. The van der Waals surface area contributed by atoms with Crippen molar-refractivity contribution >= 4 is 17.6 Å². The van der Waals surface area contributed by atoms with Crippen molar-refractivity contribution < 1.29 is 23.8 Å². The number of benzene rings is 1. The minimum absolute atomic E-state index is 0.0232. The Bertz CT molecular complexity index is 575. The molecule has 0 heterocycles. The van der Waals surface area contributed by atoms with E-state index in [2.05, 4.69) is 21.4 Å². The van der Waals surface area contributed by atoms with Gasteiger partial charge in [0.05, 0.1) is 20.3 Å². The summed E-state index contributed by atoms with van der Waals surface area (Å²) in [6.45, 7) is 6.06. The minimum atomic E-state index is -0.673. The number of methoxy groups -OCH3 is 2. The molecule has 0 aliphatic rings. The number of nitrogens with one attached hydrogen (secondary N) is 1. The van der Waals surface area contributed by atoms with Gasteiger partial charge in [-0.1, -0.05) is 6.58 Å². The van der Waals surface area contributed by atoms with Crippen molar-refractivity contribution in [1.82, 2.24) is 0 Å². The number of hydrogen-bond acceptors (Lipinski definition) is 6. The molecule has 0 radical (unpaired) electrons. The maximum atomic E-state index is 11.6. The van der Waals surface area contributed by atoms with Crippen LogP contribution in [0, 0.1) is 0 Å². The van der Waals surface area contributed by atoms with E-state index in [1.165, 1.54) is 14.2 Å². The maximum Gasteiger partial charge on any atom is 0.354 e. The lowest BCUT2D eigenvalue weighted by molar-refractivity contribution is -0.138. The first kappa shape index (κ1) is 17.3. The highest BCUT2D eigenvalue weighted by molar-refractivity contribution is 5.98. The van der Waals surface area contributed by atoms with Crippen LogP contribution >= 0.6 is 0 Å². The van der Waals surface area contributed by atoms with Crippen LogP contribution in [0.15, 0.2) is 48.2 Å². The number of rotatable bonds is 7. The van der Waals surface area contributed by atoms with E-state index in [0.29, 0.717) is 18.0 Å². The van der Waals surface area contributed by atoms with E-state index in [9.17, 15) is 9.59 Å². The third kappa shape index (κ3) is 5.70. The van der Waals surface area contributed by atoms with E-state index >= 15 is 0 Å². The van der Waals surface area contributed by atoms with Gasteiger partial charge in [0, 0.05) is 5.69 Å². The number of esters is 2. The highest BCUT2D eigenvalue weighted by atomic mass is 16.5. The van der Waals surface area contributed by atoms with Crippen molar-refractivity contribution in [2.45, 2.75) is 6.92 Å². The standard InChI is InChI=1S/C16H19NO5/c1-11(2)10-22-13-7-5-12(6-8-13)17-14(16(19)21-4)9-15(18)20-3/h5-9,17H,1,10H2,2-4H3/b14-9+. The van der Waals surface area contributed by atoms with E-state index in [4.69, 9.17) is 4.74 Å². The molecule has 1 aromatic rings. The summed E-state index contributed by atoms with van der Waals surface area (Å²) >= 11 is 0. The van der Waals surface area contributed by atoms with Gasteiger partial charge in [0.25, 0.3) is 0 Å². The Morgan fingerprint density at radius 2 is 1.82 bits per heavy atom. The fraction of sp³-hybridized carbons (Fsp3) is 0.250. The fourth-order valence-corrected chi connectivity index (χ4v) is 1.43. The summed E-state index contributed by atoms with van der Waals surface area (Å²) < 4.78 is 14.6. The molecule has 0 amide bonds. The van der Waals surface area contributed by atoms with Crippen LogP contribution in [0.25, 0.3) is 0 Å². The van der Waals surface area contributed by atoms with Gasteiger partial charge >= 0.3 is 11.9 Å². The molecule has 1 rings (SSSR count). The van der Waals surface area contributed by atoms with Crippen molar-refractivity contribution in [3.8, 4) is 5.75 Å². The number of carbonyl (C=O) groups excluding carboxylic acids is 2. The van der Waals surface area contributed by atoms with Crippen LogP contribution < -0.4 is 10.1 Å². The van der Waals surface area contributed by atoms with Crippen molar-refractivity contribution in [2.24, 2.45) is 0 Å². The number of carbonyl (C=O) groups is 2. The average molecular weight is 305 g/mol. The van der Waals surface area contributed by atoms with Crippen LogP contribution in [0.2, 0.25) is 0 Å². The molecule has 0 aliphatic carbocycles. The molecule has 0 aliphatic heterocycles. The van der Waals surface area contributed by atoms with Crippen molar-refractivity contribution in [1.29, 1.82) is 0 Å². The second kappa shape index (κ2) is 8.51. The van der Waals surface area contributed by atoms with E-state index in [1.54, 1.807) is 24.3 Å². The molecule has 1 aromatic carbocycles. The third-order valence-corrected chi connectivity index (χ3v) is 2.49. The molecule has 0 aromatic heterocycles. The first-order valence-electron chi connectivity index (χ1n) is 6.48. The van der Waals surface area contributed by atoms with Gasteiger partial charge in [-0.05, 0) is 36.8 Å². The van der Waals surface area contributed by atoms with Crippen LogP contribution in [-0.4, -0.2) is 32.8 Å². The normalized spacial score (nSPS) is 10.6. The van der Waals surface area contributed by atoms with Crippen LogP contribution in [0.1, 0.15) is 6.92 Å². The third-order valence-electron chi connectivity index (χ3n) is 2.49. The van der Waals surface area contributed by atoms with E-state index < -0.39 is 11.9 Å². The van der Waals surface area contributed by atoms with Gasteiger partial charge in [0.1, 0.15) is 18.1 Å². The number of ether oxygens (including phenoxy) is 3. The van der Waals surface area contributed by atoms with E-state index in [0.717, 1.165) is 11.6 Å². The van der Waals surface area contributed by atoms with Gasteiger partial charge in [-0.3, -0.25) is 0 Å². The molecule has 1 N–H and O–H groups in total. The van der Waals surface area contributed by atoms with Crippen LogP contribution in [0.5, 0.6) is 5.75 Å². The molecule has 0 fully saturated rings. The zero-order valence-corrected chi connectivity index (χ0v) is 12.8. The molecule has 0 spiro atoms. The molecular weight excluding hydrogens is 286 g/mol. The first-order valence-corrected chi connectivity index (χ1v) is 6.48. The van der Waals surface area contributed by atoms with Gasteiger partial charge in [0.15, 0.2) is 0 Å². The summed E-state index contributed by atoms with van der Waals surface area (Å²) in [5.74, 6) is -0.660. The topological polar surface area (TPSA) is 73.9 Å². The lowest BCUT2D eigenvalue weighted by Gasteiger charge is -2.10. The van der Waals surface area contributed by atoms with E-state index in [1.807, 2.05) is 6.92 Å². The van der Waals surface area contributed by atoms with Gasteiger partial charge in [-0.15, -0.1) is 0 Å². The van der Waals surface area contributed by atoms with Gasteiger partial charge in [-0.2, -0.15) is 0 Å². The summed E-state index contributed by atoms with van der Waals surface area (Å²) in [5, 5.41) is 2.80. The Balaban J connectivity index is 2.81. The lowest BCUT2D eigenvalue weighted by Crippen LogP contribution is -2.15. The minimum Gasteiger partial charge on any atom is -0.489 e. The Hall–Kier alpha value is -2.76. The van der Waals surface area contributed by atoms with Crippen LogP contribution in [0.3, 0.4) is 0 Å². The molecule has 6 heteroatoms. The molecule has 22 heavy (non-hydrogen) atoms. The second-order valence-corrected chi connectivity index (χ2v) is 4.47. The van der Waals surface area contributed by atoms with Crippen LogP contribution in [-0.2, 0) is 19.1 Å². The molecule has 6 nitrogen and oxygen atoms in total. The molecule has 0 bridgehead atoms. The summed E-state index contributed by atoms with van der Waals surface area (Å²) in [6, 6.07) is 6.89. The fourth-order valence-electron chi connectivity index (χ4n) is 1.43. The second-order valence-electron chi connectivity index (χ2n) is 4.47. The molecule has 0 unspecified atom stereocenters. The molecular formula is C16H19NO5. The summed E-state index contributed by atoms with van der Waals surface area (Å²) in [6.07, 6.45) is 1.03. The zero-order valence-electron chi connectivity index (χ0n) is 12.8. The zero-order chi connectivity index (χ0) is 16.5. The average Bonchev–Trinajstić information content (AvgIpc) is 2.52. The number of hydrogen-bond donors (Lipinski definition) is 1. The molecule has 0 atom stereocenters. The van der Waals surface area contributed by atoms with Gasteiger partial charge in [-0.25, -0.2) is 9.59 Å². The van der Waals surface area contributed by atoms with Crippen molar-refractivity contribution in [3.05, 3.63) is 48.2 Å². The summed E-state index contributed by atoms with van der Waals surface area (Å²) in [5.41, 5.74) is 1.49. The van der Waals surface area contributed by atoms with Gasteiger partial charge in [0.2, 0.25) is 0 Å². The Morgan fingerprint density at radius 1 is 1.18 bits per heavy atom. The Labute approximate surface area is 129 Å². The monoisotopic (exact) mass is 305 g/mol. The quantitative estimate of drug-likeness (QED) is 0.473. The van der Waals surface area contributed by atoms with Crippen LogP contribution in [0.4, 0.5) is 5.69 Å². The highest BCUT2D eigenvalue weighted by Crippen LogP contribution is 2.18. The first-order chi connectivity index (χ1) is 10.5. The Morgan fingerprint density at radius 3 is 2.32 bits per heavy atom. The SMILES string of the molecule is C=C(C)COc1ccc(N/C(=C/C(=O)OC)C(=O)OC)cc1. The van der Waals surface area contributed by atoms with E-state index in [-0.39, 0.29) is 5.70 Å². The van der Waals surface area contributed by atoms with Crippen molar-refractivity contribution in [3.63, 3.8) is 0 Å². The largest absolute Gasteiger partial charge is 0.489 e. The highest BCUT2D eigenvalue weighted by Gasteiger charge is 2.12. The van der Waals surface area contributed by atoms with Crippen molar-refractivity contribution in [2.75, 3.05) is 26.1 Å². The predicted molar refractivity (Wildman–Crippen MR) is 82.5 cm³/mol. The smallest absolute Gasteiger partial charge is 0.354 e. The predicted octanol–water partition coefficient (Wildman–Crippen LogP) is 2.28. The molecule has 0 saturated heterocycles.